The van der Waals surface area contributed by atoms with Gasteiger partial charge in [0.05, 0.1) is 0 Å². The largest absolute Gasteiger partial charge is 0.387 e. The fourth-order valence-corrected chi connectivity index (χ4v) is 8.60. The van der Waals surface area contributed by atoms with Crippen LogP contribution in [0.25, 0.3) is 0 Å². The molecule has 0 spiro atoms. The first kappa shape index (κ1) is 22.8. The van der Waals surface area contributed by atoms with Crippen molar-refractivity contribution in [2.24, 2.45) is 11.3 Å². The predicted octanol–water partition coefficient (Wildman–Crippen LogP) is 7.21. The van der Waals surface area contributed by atoms with Crippen molar-refractivity contribution < 1.29 is 9.47 Å². The van der Waals surface area contributed by atoms with Gasteiger partial charge in [0.25, 0.3) is 12.5 Å². The number of benzene rings is 2. The zero-order valence-corrected chi connectivity index (χ0v) is 21.0. The third-order valence-electron chi connectivity index (χ3n) is 9.37. The lowest BCUT2D eigenvalue weighted by Gasteiger charge is -2.67. The monoisotopic (exact) mass is 454 g/mol. The van der Waals surface area contributed by atoms with Gasteiger partial charge in [0.2, 0.25) is 0 Å². The van der Waals surface area contributed by atoms with E-state index in [0.29, 0.717) is 16.9 Å². The lowest BCUT2D eigenvalue weighted by Crippen LogP contribution is -2.60. The second-order valence-electron chi connectivity index (χ2n) is 11.7. The highest BCUT2D eigenvalue weighted by Crippen LogP contribution is 2.71. The highest BCUT2D eigenvalue weighted by Gasteiger charge is 2.63. The van der Waals surface area contributed by atoms with Gasteiger partial charge in [0.15, 0.2) is 0 Å². The summed E-state index contributed by atoms with van der Waals surface area (Å²) in [4.78, 5) is 0. The van der Waals surface area contributed by atoms with Gasteiger partial charge in [-0.05, 0) is 122 Å². The van der Waals surface area contributed by atoms with Crippen LogP contribution >= 0.6 is 0 Å². The average Bonchev–Trinajstić information content (AvgIpc) is 2.77. The number of nitriles is 2. The molecule has 2 unspecified atom stereocenters. The second kappa shape index (κ2) is 7.78. The van der Waals surface area contributed by atoms with E-state index in [2.05, 4.69) is 58.9 Å². The Morgan fingerprint density at radius 2 is 1.15 bits per heavy atom. The lowest BCUT2D eigenvalue weighted by atomic mass is 9.37. The van der Waals surface area contributed by atoms with Crippen molar-refractivity contribution in [3.05, 3.63) is 57.6 Å². The summed E-state index contributed by atoms with van der Waals surface area (Å²) in [7, 11) is 0. The van der Waals surface area contributed by atoms with Crippen LogP contribution in [0.4, 0.5) is 0 Å². The van der Waals surface area contributed by atoms with Gasteiger partial charge < -0.3 is 9.47 Å². The van der Waals surface area contributed by atoms with E-state index in [9.17, 15) is 0 Å². The Kier molecular flexibility index (Phi) is 5.21. The molecule has 4 aliphatic rings. The summed E-state index contributed by atoms with van der Waals surface area (Å²) in [6, 6.07) is 9.18. The minimum atomic E-state index is 0.153. The third-order valence-corrected chi connectivity index (χ3v) is 9.37. The van der Waals surface area contributed by atoms with Gasteiger partial charge in [-0.2, -0.15) is 0 Å². The highest BCUT2D eigenvalue weighted by molar-refractivity contribution is 5.51. The maximum absolute atomic E-state index is 9.09. The predicted molar refractivity (Wildman–Crippen MR) is 132 cm³/mol. The minimum absolute atomic E-state index is 0.153. The van der Waals surface area contributed by atoms with Crippen LogP contribution < -0.4 is 9.47 Å². The van der Waals surface area contributed by atoms with E-state index in [0.717, 1.165) is 34.6 Å². The number of hydrogen-bond acceptors (Lipinski definition) is 4. The van der Waals surface area contributed by atoms with Crippen LogP contribution in [0.5, 0.6) is 11.5 Å². The van der Waals surface area contributed by atoms with Gasteiger partial charge >= 0.3 is 0 Å². The molecule has 0 radical (unpaired) electrons. The summed E-state index contributed by atoms with van der Waals surface area (Å²) in [5, 5.41) is 18.2. The Morgan fingerprint density at radius 3 is 1.50 bits per heavy atom. The molecule has 0 aliphatic heterocycles. The van der Waals surface area contributed by atoms with Gasteiger partial charge in [-0.15, -0.1) is 10.5 Å². The van der Waals surface area contributed by atoms with Gasteiger partial charge in [0.1, 0.15) is 11.5 Å². The molecule has 6 rings (SSSR count). The van der Waals surface area contributed by atoms with Gasteiger partial charge in [0, 0.05) is 0 Å². The number of rotatable bonds is 5. The Hall–Kier alpha value is -2.98. The first-order chi connectivity index (χ1) is 16.2. The van der Waals surface area contributed by atoms with E-state index in [1.54, 1.807) is 0 Å². The van der Waals surface area contributed by atoms with Crippen molar-refractivity contribution in [3.8, 4) is 24.0 Å². The topological polar surface area (TPSA) is 66.0 Å². The van der Waals surface area contributed by atoms with E-state index in [1.807, 2.05) is 12.5 Å². The van der Waals surface area contributed by atoms with E-state index in [-0.39, 0.29) is 10.8 Å². The molecule has 176 valence electrons. The van der Waals surface area contributed by atoms with Crippen molar-refractivity contribution in [1.29, 1.82) is 10.5 Å². The summed E-state index contributed by atoms with van der Waals surface area (Å²) in [5.74, 6) is 2.13. The standard InChI is InChI=1S/C30H34N2O2/c1-6-28-11-23-12-29(14-28,24-7-19(2)26(33-17-31)20(3)8-24)16-30(13-23,15-28)25-9-21(4)27(34-18-32)22(5)10-25/h7-10,23H,6,11-16H2,1-5H3. The molecule has 0 N–H and O–H groups in total. The molecule has 0 aromatic heterocycles. The third kappa shape index (κ3) is 3.31. The van der Waals surface area contributed by atoms with Gasteiger partial charge in [-0.1, -0.05) is 37.6 Å². The maximum atomic E-state index is 9.09. The molecule has 2 aromatic rings. The molecule has 2 atom stereocenters. The van der Waals surface area contributed by atoms with E-state index in [1.165, 1.54) is 49.7 Å². The van der Waals surface area contributed by atoms with Crippen molar-refractivity contribution >= 4 is 0 Å². The van der Waals surface area contributed by atoms with Crippen LogP contribution in [0.2, 0.25) is 0 Å². The average molecular weight is 455 g/mol. The first-order valence-electron chi connectivity index (χ1n) is 12.5. The zero-order chi connectivity index (χ0) is 24.3. The van der Waals surface area contributed by atoms with Gasteiger partial charge in [-0.3, -0.25) is 0 Å². The van der Waals surface area contributed by atoms with Crippen LogP contribution in [-0.2, 0) is 10.8 Å². The molecule has 4 bridgehead atoms. The normalized spacial score (nSPS) is 31.1. The molecule has 2 aromatic carbocycles. The molecule has 34 heavy (non-hydrogen) atoms. The van der Waals surface area contributed by atoms with Crippen LogP contribution in [0, 0.1) is 62.1 Å². The van der Waals surface area contributed by atoms with Crippen LogP contribution in [-0.4, -0.2) is 0 Å². The smallest absolute Gasteiger partial charge is 0.292 e. The Labute approximate surface area is 203 Å². The van der Waals surface area contributed by atoms with E-state index < -0.39 is 0 Å². The molecule has 4 aliphatic carbocycles. The molecule has 0 amide bonds. The SMILES string of the molecule is CCC12CC3CC(c4cc(C)c(OC#N)c(C)c4)(C1)CC(c1cc(C)c(OC#N)c(C)c1)(C3)C2. The van der Waals surface area contributed by atoms with Crippen LogP contribution in [0.3, 0.4) is 0 Å². The number of ether oxygens (including phenoxy) is 2. The van der Waals surface area contributed by atoms with E-state index >= 15 is 0 Å². The maximum Gasteiger partial charge on any atom is 0.292 e. The summed E-state index contributed by atoms with van der Waals surface area (Å²) >= 11 is 0. The summed E-state index contributed by atoms with van der Waals surface area (Å²) in [6.07, 6.45) is 12.4. The molecule has 4 saturated carbocycles. The fourth-order valence-electron chi connectivity index (χ4n) is 8.60. The quantitative estimate of drug-likeness (QED) is 0.448. The number of nitrogens with zero attached hydrogens (tertiary/aromatic N) is 2. The number of aryl methyl sites for hydroxylation is 4. The molecule has 0 saturated heterocycles. The first-order valence-corrected chi connectivity index (χ1v) is 12.5. The molecule has 4 nitrogen and oxygen atoms in total. The zero-order valence-electron chi connectivity index (χ0n) is 21.0. The van der Waals surface area contributed by atoms with Crippen molar-refractivity contribution in [2.45, 2.75) is 90.4 Å². The molecule has 4 fully saturated rings. The Morgan fingerprint density at radius 1 is 0.735 bits per heavy atom. The van der Waals surface area contributed by atoms with Crippen molar-refractivity contribution in [2.75, 3.05) is 0 Å². The van der Waals surface area contributed by atoms with Crippen LogP contribution in [0.1, 0.15) is 85.3 Å². The summed E-state index contributed by atoms with van der Waals surface area (Å²) < 4.78 is 10.6. The molecule has 4 heteroatoms. The molecule has 0 heterocycles. The minimum Gasteiger partial charge on any atom is -0.387 e. The Bertz CT molecular complexity index is 1110. The summed E-state index contributed by atoms with van der Waals surface area (Å²) in [6.45, 7) is 10.6. The summed E-state index contributed by atoms with van der Waals surface area (Å²) in [5.41, 5.74) is 7.74. The second-order valence-corrected chi connectivity index (χ2v) is 11.7. The lowest BCUT2D eigenvalue weighted by molar-refractivity contribution is -0.0920. The highest BCUT2D eigenvalue weighted by atomic mass is 16.5. The van der Waals surface area contributed by atoms with Crippen molar-refractivity contribution in [3.63, 3.8) is 0 Å². The fraction of sp³-hybridized carbons (Fsp3) is 0.533. The molecular weight excluding hydrogens is 420 g/mol. The van der Waals surface area contributed by atoms with Crippen LogP contribution in [0.15, 0.2) is 24.3 Å². The number of hydrogen-bond donors (Lipinski definition) is 0. The Balaban J connectivity index is 1.65. The molecular formula is C30H34N2O2. The van der Waals surface area contributed by atoms with Gasteiger partial charge in [-0.25, -0.2) is 0 Å². The van der Waals surface area contributed by atoms with E-state index in [4.69, 9.17) is 20.0 Å². The van der Waals surface area contributed by atoms with Crippen molar-refractivity contribution in [1.82, 2.24) is 0 Å².